The van der Waals surface area contributed by atoms with Gasteiger partial charge in [0.15, 0.2) is 6.10 Å². The van der Waals surface area contributed by atoms with E-state index in [1.807, 2.05) is 0 Å². The summed E-state index contributed by atoms with van der Waals surface area (Å²) in [6, 6.07) is 20.7. The number of hydrogen-bond donors (Lipinski definition) is 1. The summed E-state index contributed by atoms with van der Waals surface area (Å²) < 4.78 is 6.67. The Balaban J connectivity index is 1.67. The van der Waals surface area contributed by atoms with Gasteiger partial charge in [-0.25, -0.2) is 0 Å². The molecule has 28 heavy (non-hydrogen) atoms. The summed E-state index contributed by atoms with van der Waals surface area (Å²) >= 11 is 9.20. The van der Waals surface area contributed by atoms with Crippen LogP contribution in [0.3, 0.4) is 0 Å². The fourth-order valence-corrected chi connectivity index (χ4v) is 2.95. The van der Waals surface area contributed by atoms with E-state index in [-0.39, 0.29) is 11.7 Å². The lowest BCUT2D eigenvalue weighted by atomic mass is 10.1. The van der Waals surface area contributed by atoms with Gasteiger partial charge in [-0.2, -0.15) is 0 Å². The van der Waals surface area contributed by atoms with Crippen molar-refractivity contribution in [3.05, 3.63) is 93.4 Å². The molecule has 0 aliphatic rings. The van der Waals surface area contributed by atoms with Crippen LogP contribution >= 0.6 is 27.5 Å². The van der Waals surface area contributed by atoms with E-state index in [4.69, 9.17) is 16.3 Å². The van der Waals surface area contributed by atoms with Crippen molar-refractivity contribution in [3.8, 4) is 5.75 Å². The summed E-state index contributed by atoms with van der Waals surface area (Å²) in [5.41, 5.74) is 1.65. The molecule has 0 aliphatic heterocycles. The summed E-state index contributed by atoms with van der Waals surface area (Å²) in [4.78, 5) is 24.8. The smallest absolute Gasteiger partial charge is 0.255 e. The number of anilines is 1. The molecule has 3 rings (SSSR count). The average Bonchev–Trinajstić information content (AvgIpc) is 2.68. The zero-order chi connectivity index (χ0) is 20.1. The van der Waals surface area contributed by atoms with E-state index >= 15 is 0 Å². The number of amides is 1. The topological polar surface area (TPSA) is 55.4 Å². The van der Waals surface area contributed by atoms with Crippen molar-refractivity contribution < 1.29 is 14.3 Å². The van der Waals surface area contributed by atoms with Crippen LogP contribution in [0, 0.1) is 0 Å². The number of rotatable bonds is 6. The highest BCUT2D eigenvalue weighted by atomic mass is 79.9. The van der Waals surface area contributed by atoms with Gasteiger partial charge in [-0.1, -0.05) is 33.6 Å². The van der Waals surface area contributed by atoms with E-state index in [0.29, 0.717) is 27.6 Å². The van der Waals surface area contributed by atoms with Crippen LogP contribution < -0.4 is 10.1 Å². The van der Waals surface area contributed by atoms with Crippen molar-refractivity contribution >= 4 is 44.9 Å². The molecule has 4 nitrogen and oxygen atoms in total. The number of ether oxygens (including phenoxy) is 1. The van der Waals surface area contributed by atoms with Gasteiger partial charge in [0.25, 0.3) is 5.91 Å². The Morgan fingerprint density at radius 3 is 2.29 bits per heavy atom. The Bertz CT molecular complexity index is 987. The Kier molecular flexibility index (Phi) is 6.49. The molecule has 0 saturated heterocycles. The SMILES string of the molecule is CC(Oc1cccc(NC(=O)c2ccc(Br)cc2)c1)C(=O)c1ccc(Cl)cc1. The van der Waals surface area contributed by atoms with Crippen LogP contribution in [0.5, 0.6) is 5.75 Å². The molecule has 1 amide bonds. The van der Waals surface area contributed by atoms with Crippen molar-refractivity contribution in [1.82, 2.24) is 0 Å². The first-order chi connectivity index (χ1) is 13.4. The minimum Gasteiger partial charge on any atom is -0.482 e. The number of carbonyl (C=O) groups is 2. The lowest BCUT2D eigenvalue weighted by molar-refractivity contribution is 0.0818. The van der Waals surface area contributed by atoms with Gasteiger partial charge in [0, 0.05) is 32.4 Å². The normalized spacial score (nSPS) is 11.5. The maximum absolute atomic E-state index is 12.5. The van der Waals surface area contributed by atoms with Crippen molar-refractivity contribution in [3.63, 3.8) is 0 Å². The molecule has 6 heteroatoms. The van der Waals surface area contributed by atoms with Crippen molar-refractivity contribution in [2.45, 2.75) is 13.0 Å². The highest BCUT2D eigenvalue weighted by Gasteiger charge is 2.17. The van der Waals surface area contributed by atoms with Crippen molar-refractivity contribution in [2.75, 3.05) is 5.32 Å². The highest BCUT2D eigenvalue weighted by molar-refractivity contribution is 9.10. The Morgan fingerprint density at radius 1 is 0.964 bits per heavy atom. The lowest BCUT2D eigenvalue weighted by Gasteiger charge is -2.15. The minimum atomic E-state index is -0.682. The number of Topliss-reactive ketones (excluding diaryl/α,β-unsaturated/α-hetero) is 1. The molecule has 1 N–H and O–H groups in total. The number of halogens is 2. The predicted octanol–water partition coefficient (Wildman–Crippen LogP) is 6.01. The molecule has 0 saturated carbocycles. The second kappa shape index (κ2) is 9.04. The average molecular weight is 459 g/mol. The van der Waals surface area contributed by atoms with Crippen molar-refractivity contribution in [1.29, 1.82) is 0 Å². The third-order valence-corrected chi connectivity index (χ3v) is 4.79. The molecule has 0 bridgehead atoms. The van der Waals surface area contributed by atoms with Gasteiger partial charge in [-0.05, 0) is 67.6 Å². The van der Waals surface area contributed by atoms with Gasteiger partial charge in [-0.15, -0.1) is 0 Å². The summed E-state index contributed by atoms with van der Waals surface area (Å²) in [5.74, 6) is 0.110. The summed E-state index contributed by atoms with van der Waals surface area (Å²) in [5, 5.41) is 3.39. The molecule has 3 aromatic rings. The van der Waals surface area contributed by atoms with Crippen LogP contribution in [-0.2, 0) is 0 Å². The van der Waals surface area contributed by atoms with E-state index in [0.717, 1.165) is 4.47 Å². The first-order valence-electron chi connectivity index (χ1n) is 8.56. The first kappa shape index (κ1) is 20.1. The maximum Gasteiger partial charge on any atom is 0.255 e. The molecule has 0 fully saturated rings. The molecule has 0 heterocycles. The Labute approximate surface area is 176 Å². The fraction of sp³-hybridized carbons (Fsp3) is 0.0909. The standard InChI is InChI=1S/C22H17BrClNO3/c1-14(21(26)15-7-11-18(24)12-8-15)28-20-4-2-3-19(13-20)25-22(27)16-5-9-17(23)10-6-16/h2-14H,1H3,(H,25,27). The fourth-order valence-electron chi connectivity index (χ4n) is 2.56. The number of carbonyl (C=O) groups excluding carboxylic acids is 2. The molecular weight excluding hydrogens is 442 g/mol. The number of nitrogens with one attached hydrogen (secondary N) is 1. The quantitative estimate of drug-likeness (QED) is 0.461. The number of ketones is 1. The third kappa shape index (κ3) is 5.21. The summed E-state index contributed by atoms with van der Waals surface area (Å²) in [7, 11) is 0. The van der Waals surface area contributed by atoms with Gasteiger partial charge in [0.1, 0.15) is 5.75 Å². The summed E-state index contributed by atoms with van der Waals surface area (Å²) in [6.07, 6.45) is -0.682. The van der Waals surface area contributed by atoms with E-state index in [9.17, 15) is 9.59 Å². The predicted molar refractivity (Wildman–Crippen MR) is 114 cm³/mol. The van der Waals surface area contributed by atoms with Gasteiger partial charge in [-0.3, -0.25) is 9.59 Å². The van der Waals surface area contributed by atoms with E-state index in [2.05, 4.69) is 21.2 Å². The maximum atomic E-state index is 12.5. The van der Waals surface area contributed by atoms with Gasteiger partial charge < -0.3 is 10.1 Å². The monoisotopic (exact) mass is 457 g/mol. The van der Waals surface area contributed by atoms with Gasteiger partial charge >= 0.3 is 0 Å². The second-order valence-corrected chi connectivity index (χ2v) is 7.47. The molecule has 1 atom stereocenters. The number of benzene rings is 3. The van der Waals surface area contributed by atoms with Crippen LogP contribution in [0.25, 0.3) is 0 Å². The molecular formula is C22H17BrClNO3. The largest absolute Gasteiger partial charge is 0.482 e. The van der Waals surface area contributed by atoms with Crippen LogP contribution in [0.15, 0.2) is 77.3 Å². The lowest BCUT2D eigenvalue weighted by Crippen LogP contribution is -2.24. The first-order valence-corrected chi connectivity index (χ1v) is 9.73. The zero-order valence-corrected chi connectivity index (χ0v) is 17.3. The highest BCUT2D eigenvalue weighted by Crippen LogP contribution is 2.21. The molecule has 0 aliphatic carbocycles. The Morgan fingerprint density at radius 2 is 1.61 bits per heavy atom. The van der Waals surface area contributed by atoms with E-state index < -0.39 is 6.10 Å². The third-order valence-electron chi connectivity index (χ3n) is 4.01. The van der Waals surface area contributed by atoms with Gasteiger partial charge in [0.2, 0.25) is 5.78 Å². The van der Waals surface area contributed by atoms with Crippen LogP contribution in [0.4, 0.5) is 5.69 Å². The van der Waals surface area contributed by atoms with E-state index in [1.54, 1.807) is 79.7 Å². The van der Waals surface area contributed by atoms with Crippen molar-refractivity contribution in [2.24, 2.45) is 0 Å². The van der Waals surface area contributed by atoms with Crippen LogP contribution in [0.2, 0.25) is 5.02 Å². The van der Waals surface area contributed by atoms with E-state index in [1.165, 1.54) is 0 Å². The Hall–Kier alpha value is -2.63. The second-order valence-electron chi connectivity index (χ2n) is 6.12. The molecule has 0 radical (unpaired) electrons. The minimum absolute atomic E-state index is 0.152. The molecule has 0 aromatic heterocycles. The van der Waals surface area contributed by atoms with Gasteiger partial charge in [0.05, 0.1) is 0 Å². The summed E-state index contributed by atoms with van der Waals surface area (Å²) in [6.45, 7) is 1.68. The molecule has 3 aromatic carbocycles. The van der Waals surface area contributed by atoms with Crippen LogP contribution in [0.1, 0.15) is 27.6 Å². The zero-order valence-electron chi connectivity index (χ0n) is 15.0. The molecule has 142 valence electrons. The van der Waals surface area contributed by atoms with Crippen LogP contribution in [-0.4, -0.2) is 17.8 Å². The number of hydrogen-bond acceptors (Lipinski definition) is 3. The molecule has 0 spiro atoms. The molecule has 1 unspecified atom stereocenters.